The fraction of sp³-hybridized carbons (Fsp3) is 0.737. The summed E-state index contributed by atoms with van der Waals surface area (Å²) in [6.07, 6.45) is 1.77. The summed E-state index contributed by atoms with van der Waals surface area (Å²) in [4.78, 5) is 7.53. The zero-order chi connectivity index (χ0) is 21.7. The van der Waals surface area contributed by atoms with Crippen LogP contribution in [-0.4, -0.2) is 90.7 Å². The van der Waals surface area contributed by atoms with Crippen molar-refractivity contribution in [2.75, 3.05) is 67.1 Å². The monoisotopic (exact) mass is 575 g/mol. The summed E-state index contributed by atoms with van der Waals surface area (Å²) >= 11 is 1.34. The largest absolute Gasteiger partial charge is 0.385 e. The maximum atomic E-state index is 12.6. The molecule has 0 saturated carbocycles. The molecule has 0 aliphatic carbocycles. The van der Waals surface area contributed by atoms with Crippen LogP contribution in [-0.2, 0) is 21.2 Å². The van der Waals surface area contributed by atoms with Crippen LogP contribution in [0.3, 0.4) is 0 Å². The van der Waals surface area contributed by atoms with Crippen LogP contribution in [0.5, 0.6) is 0 Å². The number of ether oxygens (including phenoxy) is 1. The van der Waals surface area contributed by atoms with Crippen LogP contribution in [0.25, 0.3) is 0 Å². The maximum absolute atomic E-state index is 12.6. The Morgan fingerprint density at radius 3 is 2.43 bits per heavy atom. The van der Waals surface area contributed by atoms with Crippen LogP contribution in [0.15, 0.2) is 21.3 Å². The molecule has 0 radical (unpaired) electrons. The van der Waals surface area contributed by atoms with Gasteiger partial charge in [0.2, 0.25) is 0 Å². The van der Waals surface area contributed by atoms with Crippen LogP contribution in [0, 0.1) is 0 Å². The molecule has 0 bridgehead atoms. The van der Waals surface area contributed by atoms with E-state index in [1.807, 2.05) is 19.9 Å². The van der Waals surface area contributed by atoms with Crippen molar-refractivity contribution in [2.24, 2.45) is 4.99 Å². The Hall–Kier alpha value is -0.470. The molecular weight excluding hydrogens is 537 g/mol. The molecule has 11 heteroatoms. The van der Waals surface area contributed by atoms with E-state index >= 15 is 0 Å². The van der Waals surface area contributed by atoms with Gasteiger partial charge >= 0.3 is 0 Å². The highest BCUT2D eigenvalue weighted by atomic mass is 127. The SMILES string of the molecule is CCN(CC)S(=O)(=O)c1ccc(CCNC(=NC)NCCN(C)CCCOC)s1.I. The normalized spacial score (nSPS) is 12.3. The van der Waals surface area contributed by atoms with Crippen molar-refractivity contribution in [1.29, 1.82) is 0 Å². The van der Waals surface area contributed by atoms with Crippen molar-refractivity contribution in [1.82, 2.24) is 19.8 Å². The van der Waals surface area contributed by atoms with Crippen molar-refractivity contribution in [2.45, 2.75) is 30.9 Å². The molecule has 0 unspecified atom stereocenters. The Bertz CT molecular complexity index is 709. The highest BCUT2D eigenvalue weighted by Crippen LogP contribution is 2.25. The Morgan fingerprint density at radius 1 is 1.17 bits per heavy atom. The molecule has 8 nitrogen and oxygen atoms in total. The standard InChI is InChI=1S/C19H37N5O3S2.HI/c1-6-24(7-2)29(25,26)18-10-9-17(28-18)11-12-21-19(20-3)22-13-15-23(4)14-8-16-27-5;/h9-10H,6-8,11-16H2,1-5H3,(H2,20,21,22);1H. The molecule has 2 N–H and O–H groups in total. The lowest BCUT2D eigenvalue weighted by Crippen LogP contribution is -2.41. The summed E-state index contributed by atoms with van der Waals surface area (Å²) in [7, 11) is 2.19. The molecule has 0 aliphatic rings. The number of nitrogens with zero attached hydrogens (tertiary/aromatic N) is 3. The highest BCUT2D eigenvalue weighted by Gasteiger charge is 2.23. The first kappa shape index (κ1) is 29.5. The second kappa shape index (κ2) is 16.2. The van der Waals surface area contributed by atoms with Gasteiger partial charge in [0.05, 0.1) is 0 Å². The first-order valence-electron chi connectivity index (χ1n) is 10.1. The van der Waals surface area contributed by atoms with Gasteiger partial charge < -0.3 is 20.3 Å². The summed E-state index contributed by atoms with van der Waals surface area (Å²) in [6.45, 7) is 8.87. The van der Waals surface area contributed by atoms with Gasteiger partial charge in [-0.3, -0.25) is 4.99 Å². The van der Waals surface area contributed by atoms with Crippen molar-refractivity contribution in [3.8, 4) is 0 Å². The molecule has 0 saturated heterocycles. The second-order valence-electron chi connectivity index (χ2n) is 6.64. The molecule has 176 valence electrons. The Labute approximate surface area is 203 Å². The Balaban J connectivity index is 0.00000841. The van der Waals surface area contributed by atoms with E-state index in [1.54, 1.807) is 20.2 Å². The molecule has 0 aliphatic heterocycles. The molecule has 1 aromatic heterocycles. The van der Waals surface area contributed by atoms with Gasteiger partial charge in [0.15, 0.2) is 5.96 Å². The van der Waals surface area contributed by atoms with Gasteiger partial charge in [0.25, 0.3) is 10.0 Å². The summed E-state index contributed by atoms with van der Waals surface area (Å²) < 4.78 is 32.1. The minimum Gasteiger partial charge on any atom is -0.385 e. The lowest BCUT2D eigenvalue weighted by Gasteiger charge is -2.18. The predicted octanol–water partition coefficient (Wildman–Crippen LogP) is 2.07. The number of nitrogens with one attached hydrogen (secondary N) is 2. The Kier molecular flexibility index (Phi) is 15.9. The third kappa shape index (κ3) is 10.2. The quantitative estimate of drug-likeness (QED) is 0.153. The second-order valence-corrected chi connectivity index (χ2v) is 9.97. The van der Waals surface area contributed by atoms with Crippen molar-refractivity contribution < 1.29 is 13.2 Å². The van der Waals surface area contributed by atoms with Crippen LogP contribution < -0.4 is 10.6 Å². The number of hydrogen-bond donors (Lipinski definition) is 2. The van der Waals surface area contributed by atoms with E-state index in [9.17, 15) is 8.42 Å². The predicted molar refractivity (Wildman–Crippen MR) is 137 cm³/mol. The lowest BCUT2D eigenvalue weighted by molar-refractivity contribution is 0.180. The number of hydrogen-bond acceptors (Lipinski definition) is 6. The van der Waals surface area contributed by atoms with E-state index in [0.717, 1.165) is 49.9 Å². The lowest BCUT2D eigenvalue weighted by atomic mass is 10.3. The van der Waals surface area contributed by atoms with E-state index in [2.05, 4.69) is 27.6 Å². The molecular formula is C19H38IN5O3S2. The fourth-order valence-corrected chi connectivity index (χ4v) is 5.77. The van der Waals surface area contributed by atoms with Crippen LogP contribution in [0.4, 0.5) is 0 Å². The van der Waals surface area contributed by atoms with Gasteiger partial charge in [0.1, 0.15) is 4.21 Å². The number of guanidine groups is 1. The van der Waals surface area contributed by atoms with Gasteiger partial charge in [0, 0.05) is 64.9 Å². The summed E-state index contributed by atoms with van der Waals surface area (Å²) in [5.41, 5.74) is 0. The topological polar surface area (TPSA) is 86.3 Å². The van der Waals surface area contributed by atoms with Crippen LogP contribution in [0.2, 0.25) is 0 Å². The number of halogens is 1. The minimum absolute atomic E-state index is 0. The van der Waals surface area contributed by atoms with Gasteiger partial charge in [-0.1, -0.05) is 13.8 Å². The minimum atomic E-state index is -3.37. The molecule has 1 heterocycles. The zero-order valence-corrected chi connectivity index (χ0v) is 22.8. The number of likely N-dealkylation sites (N-methyl/N-ethyl adjacent to an activating group) is 1. The summed E-state index contributed by atoms with van der Waals surface area (Å²) in [5.74, 6) is 0.753. The third-order valence-corrected chi connectivity index (χ3v) is 8.16. The van der Waals surface area contributed by atoms with Gasteiger partial charge in [-0.15, -0.1) is 35.3 Å². The highest BCUT2D eigenvalue weighted by molar-refractivity contribution is 14.0. The molecule has 0 fully saturated rings. The van der Waals surface area contributed by atoms with E-state index in [1.165, 1.54) is 15.6 Å². The zero-order valence-electron chi connectivity index (χ0n) is 18.8. The van der Waals surface area contributed by atoms with E-state index < -0.39 is 10.0 Å². The van der Waals surface area contributed by atoms with Gasteiger partial charge in [-0.25, -0.2) is 8.42 Å². The van der Waals surface area contributed by atoms with E-state index in [4.69, 9.17) is 4.74 Å². The average Bonchev–Trinajstić information content (AvgIpc) is 3.17. The number of sulfonamides is 1. The van der Waals surface area contributed by atoms with Gasteiger partial charge in [-0.05, 0) is 32.0 Å². The summed E-state index contributed by atoms with van der Waals surface area (Å²) in [6, 6.07) is 3.61. The number of methoxy groups -OCH3 is 1. The fourth-order valence-electron chi connectivity index (χ4n) is 2.80. The number of thiophene rings is 1. The van der Waals surface area contributed by atoms with E-state index in [-0.39, 0.29) is 24.0 Å². The van der Waals surface area contributed by atoms with Gasteiger partial charge in [-0.2, -0.15) is 4.31 Å². The number of aliphatic imine (C=N–C) groups is 1. The van der Waals surface area contributed by atoms with Crippen molar-refractivity contribution >= 4 is 51.3 Å². The Morgan fingerprint density at radius 2 is 1.83 bits per heavy atom. The molecule has 30 heavy (non-hydrogen) atoms. The third-order valence-electron chi connectivity index (χ3n) is 4.50. The number of rotatable bonds is 14. The van der Waals surface area contributed by atoms with Crippen molar-refractivity contribution in [3.05, 3.63) is 17.0 Å². The average molecular weight is 576 g/mol. The first-order valence-corrected chi connectivity index (χ1v) is 12.4. The molecule has 0 aromatic carbocycles. The van der Waals surface area contributed by atoms with Crippen LogP contribution in [0.1, 0.15) is 25.1 Å². The molecule has 0 spiro atoms. The smallest absolute Gasteiger partial charge is 0.252 e. The van der Waals surface area contributed by atoms with Crippen molar-refractivity contribution in [3.63, 3.8) is 0 Å². The molecule has 0 atom stereocenters. The molecule has 1 rings (SSSR count). The van der Waals surface area contributed by atoms with Crippen LogP contribution >= 0.6 is 35.3 Å². The van der Waals surface area contributed by atoms with E-state index in [0.29, 0.717) is 23.8 Å². The summed E-state index contributed by atoms with van der Waals surface area (Å²) in [5, 5.41) is 6.59. The molecule has 1 aromatic rings. The maximum Gasteiger partial charge on any atom is 0.252 e. The molecule has 0 amide bonds. The first-order chi connectivity index (χ1) is 13.9.